The summed E-state index contributed by atoms with van der Waals surface area (Å²) in [5.41, 5.74) is 3.07. The molecule has 0 bridgehead atoms. The van der Waals surface area contributed by atoms with Crippen LogP contribution in [0.2, 0.25) is 0 Å². The van der Waals surface area contributed by atoms with Crippen molar-refractivity contribution in [3.8, 4) is 0 Å². The summed E-state index contributed by atoms with van der Waals surface area (Å²) in [7, 11) is 0.126. The fraction of sp³-hybridized carbons (Fsp3) is 0.100. The van der Waals surface area contributed by atoms with Crippen LogP contribution in [0.4, 0.5) is 15.8 Å². The summed E-state index contributed by atoms with van der Waals surface area (Å²) in [5, 5.41) is 1.74. The molecule has 0 saturated heterocycles. The number of halogens is 2. The molecule has 0 aliphatic rings. The summed E-state index contributed by atoms with van der Waals surface area (Å²) in [4.78, 5) is 1.29. The van der Waals surface area contributed by atoms with Gasteiger partial charge in [0.2, 0.25) is 0 Å². The molecular formula is C20H16FINOS+. The lowest BCUT2D eigenvalue weighted by molar-refractivity contribution is 0.584. The third kappa shape index (κ3) is 2.79. The van der Waals surface area contributed by atoms with E-state index in [-0.39, 0.29) is 16.7 Å². The van der Waals surface area contributed by atoms with Crippen molar-refractivity contribution in [1.82, 2.24) is 0 Å². The van der Waals surface area contributed by atoms with E-state index < -0.39 is 0 Å². The zero-order valence-electron chi connectivity index (χ0n) is 13.8. The van der Waals surface area contributed by atoms with E-state index >= 15 is 0 Å². The minimum Gasteiger partial charge on any atom is -0.451 e. The van der Waals surface area contributed by atoms with Gasteiger partial charge in [-0.05, 0) is 24.3 Å². The van der Waals surface area contributed by atoms with Crippen molar-refractivity contribution >= 4 is 67.1 Å². The van der Waals surface area contributed by atoms with Crippen molar-refractivity contribution < 1.29 is 8.81 Å². The molecule has 126 valence electrons. The third-order valence-electron chi connectivity index (χ3n) is 4.18. The Balaban J connectivity index is 1.96. The van der Waals surface area contributed by atoms with Gasteiger partial charge in [0.25, 0.3) is 0 Å². The van der Waals surface area contributed by atoms with Gasteiger partial charge in [-0.25, -0.2) is 4.39 Å². The Morgan fingerprint density at radius 1 is 0.840 bits per heavy atom. The van der Waals surface area contributed by atoms with E-state index in [9.17, 15) is 4.39 Å². The Labute approximate surface area is 162 Å². The second-order valence-electron chi connectivity index (χ2n) is 5.94. The predicted octanol–water partition coefficient (Wildman–Crippen LogP) is 6.45. The van der Waals surface area contributed by atoms with Crippen molar-refractivity contribution in [3.63, 3.8) is 0 Å². The first-order valence-electron chi connectivity index (χ1n) is 7.80. The van der Waals surface area contributed by atoms with Gasteiger partial charge in [0.05, 0.1) is 28.6 Å². The van der Waals surface area contributed by atoms with E-state index in [1.165, 1.54) is 11.0 Å². The molecule has 0 fully saturated rings. The van der Waals surface area contributed by atoms with Crippen molar-refractivity contribution in [2.75, 3.05) is 15.6 Å². The smallest absolute Gasteiger partial charge is 0.178 e. The molecule has 1 heterocycles. The third-order valence-corrected chi connectivity index (χ3v) is 6.45. The second-order valence-corrected chi connectivity index (χ2v) is 8.98. The molecular weight excluding hydrogens is 448 g/mol. The van der Waals surface area contributed by atoms with Crippen LogP contribution in [0.25, 0.3) is 21.9 Å². The molecule has 0 aliphatic carbocycles. The van der Waals surface area contributed by atoms with Crippen molar-refractivity contribution in [2.24, 2.45) is 0 Å². The number of benzene rings is 3. The highest BCUT2D eigenvalue weighted by molar-refractivity contribution is 14.1. The number of anilines is 2. The Morgan fingerprint density at radius 2 is 1.48 bits per heavy atom. The molecule has 25 heavy (non-hydrogen) atoms. The SMILES string of the molecule is C[S+](C)c1ccccc1N(I)c1cccc2c1oc1c(F)cccc12. The topological polar surface area (TPSA) is 16.4 Å². The molecule has 0 spiro atoms. The maximum absolute atomic E-state index is 14.1. The molecule has 5 heteroatoms. The molecule has 0 amide bonds. The first-order chi connectivity index (χ1) is 12.1. The number of furan rings is 1. The second kappa shape index (κ2) is 6.53. The van der Waals surface area contributed by atoms with Crippen LogP contribution in [0.1, 0.15) is 0 Å². The highest BCUT2D eigenvalue weighted by Crippen LogP contribution is 2.41. The maximum atomic E-state index is 14.1. The fourth-order valence-electron chi connectivity index (χ4n) is 3.02. The van der Waals surface area contributed by atoms with E-state index in [0.717, 1.165) is 22.1 Å². The van der Waals surface area contributed by atoms with Gasteiger partial charge in [0.15, 0.2) is 21.9 Å². The van der Waals surface area contributed by atoms with Crippen molar-refractivity contribution in [2.45, 2.75) is 4.90 Å². The summed E-state index contributed by atoms with van der Waals surface area (Å²) in [5.74, 6) is -0.330. The quantitative estimate of drug-likeness (QED) is 0.197. The first-order valence-corrected chi connectivity index (χ1v) is 10.8. The van der Waals surface area contributed by atoms with E-state index in [4.69, 9.17) is 4.42 Å². The van der Waals surface area contributed by atoms with Gasteiger partial charge >= 0.3 is 0 Å². The minimum absolute atomic E-state index is 0.126. The van der Waals surface area contributed by atoms with Gasteiger partial charge in [0, 0.05) is 21.7 Å². The summed E-state index contributed by atoms with van der Waals surface area (Å²) in [6.45, 7) is 0. The predicted molar refractivity (Wildman–Crippen MR) is 114 cm³/mol. The van der Waals surface area contributed by atoms with E-state index in [1.807, 2.05) is 30.3 Å². The highest BCUT2D eigenvalue weighted by atomic mass is 127. The average molecular weight is 464 g/mol. The fourth-order valence-corrected chi connectivity index (χ4v) is 4.91. The van der Waals surface area contributed by atoms with Crippen LogP contribution in [0.5, 0.6) is 0 Å². The monoisotopic (exact) mass is 464 g/mol. The normalized spacial score (nSPS) is 11.6. The first kappa shape index (κ1) is 16.7. The summed E-state index contributed by atoms with van der Waals surface area (Å²) in [6, 6.07) is 19.4. The molecule has 1 aromatic heterocycles. The Kier molecular flexibility index (Phi) is 4.37. The highest BCUT2D eigenvalue weighted by Gasteiger charge is 2.22. The van der Waals surface area contributed by atoms with Crippen LogP contribution < -0.4 is 3.11 Å². The molecule has 0 atom stereocenters. The molecule has 0 aliphatic heterocycles. The molecule has 0 N–H and O–H groups in total. The number of hydrogen-bond acceptors (Lipinski definition) is 2. The molecule has 2 nitrogen and oxygen atoms in total. The summed E-state index contributed by atoms with van der Waals surface area (Å²) >= 11 is 2.30. The number of nitrogens with zero attached hydrogens (tertiary/aromatic N) is 1. The van der Waals surface area contributed by atoms with E-state index in [1.54, 1.807) is 6.07 Å². The molecule has 0 radical (unpaired) electrons. The van der Waals surface area contributed by atoms with Crippen LogP contribution >= 0.6 is 22.9 Å². The minimum atomic E-state index is -0.330. The van der Waals surface area contributed by atoms with Crippen molar-refractivity contribution in [3.05, 3.63) is 66.5 Å². The summed E-state index contributed by atoms with van der Waals surface area (Å²) in [6.07, 6.45) is 4.42. The number of rotatable bonds is 3. The van der Waals surface area contributed by atoms with E-state index in [2.05, 4.69) is 56.7 Å². The van der Waals surface area contributed by atoms with Crippen molar-refractivity contribution in [1.29, 1.82) is 0 Å². The van der Waals surface area contributed by atoms with Gasteiger partial charge in [-0.1, -0.05) is 36.4 Å². The van der Waals surface area contributed by atoms with Crippen LogP contribution in [0.3, 0.4) is 0 Å². The Hall–Kier alpha value is -1.73. The standard InChI is InChI=1S/C20H16FINOS/c1-25(2)18-12-4-3-10-16(18)23(22)17-11-6-8-14-13-7-5-9-15(21)19(13)24-20(14)17/h3-12H,1-2H3/q+1. The molecule has 4 rings (SSSR count). The molecule has 0 unspecified atom stereocenters. The maximum Gasteiger partial charge on any atom is 0.178 e. The molecule has 3 aromatic carbocycles. The van der Waals surface area contributed by atoms with Gasteiger partial charge < -0.3 is 4.42 Å². The summed E-state index contributed by atoms with van der Waals surface area (Å²) < 4.78 is 22.2. The number of fused-ring (bicyclic) bond motifs is 3. The largest absolute Gasteiger partial charge is 0.451 e. The number of hydrogen-bond donors (Lipinski definition) is 0. The van der Waals surface area contributed by atoms with Gasteiger partial charge in [-0.15, -0.1) is 0 Å². The van der Waals surface area contributed by atoms with Gasteiger partial charge in [-0.3, -0.25) is 3.11 Å². The lowest BCUT2D eigenvalue weighted by atomic mass is 10.1. The van der Waals surface area contributed by atoms with Crippen LogP contribution in [0.15, 0.2) is 70.0 Å². The van der Waals surface area contributed by atoms with E-state index in [0.29, 0.717) is 11.2 Å². The van der Waals surface area contributed by atoms with Crippen LogP contribution in [-0.2, 0) is 10.9 Å². The van der Waals surface area contributed by atoms with Gasteiger partial charge in [0.1, 0.15) is 18.2 Å². The lowest BCUT2D eigenvalue weighted by Gasteiger charge is -2.18. The Bertz CT molecular complexity index is 1080. The van der Waals surface area contributed by atoms with Crippen LogP contribution in [-0.4, -0.2) is 12.5 Å². The van der Waals surface area contributed by atoms with Crippen LogP contribution in [0, 0.1) is 5.82 Å². The molecule has 0 saturated carbocycles. The number of para-hydroxylation sites is 3. The average Bonchev–Trinajstić information content (AvgIpc) is 3.01. The molecule has 4 aromatic rings. The zero-order chi connectivity index (χ0) is 17.6. The lowest BCUT2D eigenvalue weighted by Crippen LogP contribution is -2.07. The van der Waals surface area contributed by atoms with Gasteiger partial charge in [-0.2, -0.15) is 0 Å². The zero-order valence-corrected chi connectivity index (χ0v) is 16.8. The Morgan fingerprint density at radius 3 is 2.24 bits per heavy atom.